The van der Waals surface area contributed by atoms with Crippen LogP contribution in [0.3, 0.4) is 0 Å². The molecule has 0 aliphatic heterocycles. The Morgan fingerprint density at radius 3 is 2.62 bits per heavy atom. The maximum atomic E-state index is 12.1. The van der Waals surface area contributed by atoms with E-state index in [-0.39, 0.29) is 5.75 Å². The summed E-state index contributed by atoms with van der Waals surface area (Å²) in [5, 5.41) is 0. The molecule has 90 valence electrons. The van der Waals surface area contributed by atoms with Crippen molar-refractivity contribution in [2.45, 2.75) is 20.0 Å². The van der Waals surface area contributed by atoms with Crippen molar-refractivity contribution in [1.29, 1.82) is 0 Å². The lowest BCUT2D eigenvalue weighted by Gasteiger charge is -2.12. The minimum absolute atomic E-state index is 0.0511. The quantitative estimate of drug-likeness (QED) is 0.720. The maximum absolute atomic E-state index is 12.1. The van der Waals surface area contributed by atoms with Crippen molar-refractivity contribution in [3.8, 4) is 11.5 Å². The second-order valence-electron chi connectivity index (χ2n) is 3.03. The number of alkyl halides is 3. The highest BCUT2D eigenvalue weighted by molar-refractivity contribution is 6.17. The summed E-state index contributed by atoms with van der Waals surface area (Å²) >= 11 is 5.60. The van der Waals surface area contributed by atoms with Gasteiger partial charge in [0.2, 0.25) is 0 Å². The summed E-state index contributed by atoms with van der Waals surface area (Å²) in [5.74, 6) is 0.848. The van der Waals surface area contributed by atoms with Crippen LogP contribution in [-0.4, -0.2) is 19.1 Å². The summed E-state index contributed by atoms with van der Waals surface area (Å²) < 4.78 is 33.7. The summed E-state index contributed by atoms with van der Waals surface area (Å²) in [6, 6.07) is 4.84. The third kappa shape index (κ3) is 3.85. The van der Waals surface area contributed by atoms with E-state index in [1.807, 2.05) is 0 Å². The van der Waals surface area contributed by atoms with E-state index in [0.29, 0.717) is 24.7 Å². The molecule has 0 aliphatic rings. The lowest BCUT2D eigenvalue weighted by molar-refractivity contribution is -0.0514. The zero-order valence-electron chi connectivity index (χ0n) is 8.88. The van der Waals surface area contributed by atoms with Crippen molar-refractivity contribution in [1.82, 2.24) is 0 Å². The average molecular weight is 251 g/mol. The second-order valence-corrected chi connectivity index (χ2v) is 3.41. The summed E-state index contributed by atoms with van der Waals surface area (Å²) in [6.07, 6.45) is 0.663. The van der Waals surface area contributed by atoms with Gasteiger partial charge < -0.3 is 9.47 Å². The molecular formula is C11H13ClF2O2. The molecule has 0 bridgehead atoms. The predicted octanol–water partition coefficient (Wildman–Crippen LogP) is 3.47. The third-order valence-electron chi connectivity index (χ3n) is 1.91. The molecule has 0 saturated carbocycles. The van der Waals surface area contributed by atoms with Crippen LogP contribution in [0.25, 0.3) is 0 Å². The molecule has 2 nitrogen and oxygen atoms in total. The van der Waals surface area contributed by atoms with E-state index >= 15 is 0 Å². The lowest BCUT2D eigenvalue weighted by atomic mass is 10.1. The molecule has 0 spiro atoms. The zero-order valence-corrected chi connectivity index (χ0v) is 9.64. The number of ether oxygens (including phenoxy) is 2. The minimum Gasteiger partial charge on any atom is -0.490 e. The Hall–Kier alpha value is -1.03. The van der Waals surface area contributed by atoms with Gasteiger partial charge in [-0.3, -0.25) is 0 Å². The van der Waals surface area contributed by atoms with Crippen molar-refractivity contribution in [2.24, 2.45) is 0 Å². The first kappa shape index (κ1) is 13.0. The molecule has 0 aromatic heterocycles. The SMILES string of the molecule is CCOc1cc(CCCl)ccc1OC(F)F. The Balaban J connectivity index is 2.89. The monoisotopic (exact) mass is 250 g/mol. The van der Waals surface area contributed by atoms with E-state index < -0.39 is 6.61 Å². The van der Waals surface area contributed by atoms with Crippen LogP contribution in [0, 0.1) is 0 Å². The maximum Gasteiger partial charge on any atom is 0.387 e. The van der Waals surface area contributed by atoms with Gasteiger partial charge >= 0.3 is 6.61 Å². The Labute approximate surface area is 98.1 Å². The molecular weight excluding hydrogens is 238 g/mol. The molecule has 1 aromatic carbocycles. The van der Waals surface area contributed by atoms with E-state index in [4.69, 9.17) is 16.3 Å². The highest BCUT2D eigenvalue weighted by Gasteiger charge is 2.11. The zero-order chi connectivity index (χ0) is 12.0. The number of hydrogen-bond donors (Lipinski definition) is 0. The second kappa shape index (κ2) is 6.53. The minimum atomic E-state index is -2.85. The van der Waals surface area contributed by atoms with Crippen molar-refractivity contribution in [3.63, 3.8) is 0 Å². The normalized spacial score (nSPS) is 10.6. The Bertz CT molecular complexity index is 332. The molecule has 0 heterocycles. The predicted molar refractivity (Wildman–Crippen MR) is 58.7 cm³/mol. The van der Waals surface area contributed by atoms with Gasteiger partial charge in [-0.2, -0.15) is 8.78 Å². The number of rotatable bonds is 6. The third-order valence-corrected chi connectivity index (χ3v) is 2.10. The first-order chi connectivity index (χ1) is 7.67. The van der Waals surface area contributed by atoms with Crippen LogP contribution in [0.4, 0.5) is 8.78 Å². The molecule has 0 N–H and O–H groups in total. The van der Waals surface area contributed by atoms with Crippen LogP contribution >= 0.6 is 11.6 Å². The van der Waals surface area contributed by atoms with Gasteiger partial charge in [0, 0.05) is 5.88 Å². The summed E-state index contributed by atoms with van der Waals surface area (Å²) in [5.41, 5.74) is 0.931. The highest BCUT2D eigenvalue weighted by atomic mass is 35.5. The molecule has 5 heteroatoms. The molecule has 0 radical (unpaired) electrons. The average Bonchev–Trinajstić information content (AvgIpc) is 2.22. The Morgan fingerprint density at radius 2 is 2.06 bits per heavy atom. The van der Waals surface area contributed by atoms with E-state index in [2.05, 4.69) is 4.74 Å². The topological polar surface area (TPSA) is 18.5 Å². The van der Waals surface area contributed by atoms with Crippen molar-refractivity contribution >= 4 is 11.6 Å². The fraction of sp³-hybridized carbons (Fsp3) is 0.455. The molecule has 0 saturated heterocycles. The molecule has 0 atom stereocenters. The van der Waals surface area contributed by atoms with Crippen LogP contribution < -0.4 is 9.47 Å². The highest BCUT2D eigenvalue weighted by Crippen LogP contribution is 2.30. The number of benzene rings is 1. The first-order valence-electron chi connectivity index (χ1n) is 4.94. The molecule has 1 aromatic rings. The van der Waals surface area contributed by atoms with Gasteiger partial charge in [-0.25, -0.2) is 0 Å². The van der Waals surface area contributed by atoms with Gasteiger partial charge in [0.05, 0.1) is 6.61 Å². The van der Waals surface area contributed by atoms with Crippen LogP contribution in [0.5, 0.6) is 11.5 Å². The van der Waals surface area contributed by atoms with Crippen molar-refractivity contribution in [3.05, 3.63) is 23.8 Å². The van der Waals surface area contributed by atoms with E-state index in [1.165, 1.54) is 6.07 Å². The fourth-order valence-electron chi connectivity index (χ4n) is 1.28. The van der Waals surface area contributed by atoms with Gasteiger partial charge in [0.1, 0.15) is 0 Å². The van der Waals surface area contributed by atoms with Gasteiger partial charge in [-0.05, 0) is 31.0 Å². The molecule has 0 aliphatic carbocycles. The van der Waals surface area contributed by atoms with Crippen molar-refractivity contribution < 1.29 is 18.3 Å². The molecule has 0 fully saturated rings. The molecule has 1 rings (SSSR count). The molecule has 0 unspecified atom stereocenters. The smallest absolute Gasteiger partial charge is 0.387 e. The van der Waals surface area contributed by atoms with Gasteiger partial charge in [0.25, 0.3) is 0 Å². The van der Waals surface area contributed by atoms with E-state index in [0.717, 1.165) is 5.56 Å². The molecule has 0 amide bonds. The largest absolute Gasteiger partial charge is 0.490 e. The van der Waals surface area contributed by atoms with Gasteiger partial charge in [-0.15, -0.1) is 11.6 Å². The fourth-order valence-corrected chi connectivity index (χ4v) is 1.50. The van der Waals surface area contributed by atoms with Gasteiger partial charge in [0.15, 0.2) is 11.5 Å². The first-order valence-corrected chi connectivity index (χ1v) is 5.47. The van der Waals surface area contributed by atoms with Crippen molar-refractivity contribution in [2.75, 3.05) is 12.5 Å². The number of aryl methyl sites for hydroxylation is 1. The summed E-state index contributed by atoms with van der Waals surface area (Å²) in [6.45, 7) is -0.678. The lowest BCUT2D eigenvalue weighted by Crippen LogP contribution is -2.05. The standard InChI is InChI=1S/C11H13ClF2O2/c1-2-15-10-7-8(5-6-12)3-4-9(10)16-11(13)14/h3-4,7,11H,2,5-6H2,1H3. The summed E-state index contributed by atoms with van der Waals surface area (Å²) in [7, 11) is 0. The van der Waals surface area contributed by atoms with E-state index in [1.54, 1.807) is 19.1 Å². The van der Waals surface area contributed by atoms with Gasteiger partial charge in [-0.1, -0.05) is 6.07 Å². The van der Waals surface area contributed by atoms with Crippen LogP contribution in [0.15, 0.2) is 18.2 Å². The number of halogens is 3. The Morgan fingerprint density at radius 1 is 1.31 bits per heavy atom. The Kier molecular flexibility index (Phi) is 5.32. The number of hydrogen-bond acceptors (Lipinski definition) is 2. The van der Waals surface area contributed by atoms with Crippen LogP contribution in [-0.2, 0) is 6.42 Å². The van der Waals surface area contributed by atoms with E-state index in [9.17, 15) is 8.78 Å². The van der Waals surface area contributed by atoms with Crippen LogP contribution in [0.1, 0.15) is 12.5 Å². The molecule has 16 heavy (non-hydrogen) atoms. The summed E-state index contributed by atoms with van der Waals surface area (Å²) in [4.78, 5) is 0. The van der Waals surface area contributed by atoms with Crippen LogP contribution in [0.2, 0.25) is 0 Å².